The standard InChI is InChI=1S/C19H32O4/c1-14(8-7-11-19(2,3)20)9-10-16-17(22-5)12-15(21-4)13-18(16)23-6/h12-14,20H,7-11H2,1-6H3. The molecule has 4 heteroatoms. The maximum atomic E-state index is 9.78. The molecule has 132 valence electrons. The number of hydrogen-bond donors (Lipinski definition) is 1. The minimum atomic E-state index is -0.567. The fourth-order valence-corrected chi connectivity index (χ4v) is 2.74. The third kappa shape index (κ3) is 6.69. The number of rotatable bonds is 10. The van der Waals surface area contributed by atoms with Gasteiger partial charge in [-0.05, 0) is 39.0 Å². The zero-order valence-electron chi connectivity index (χ0n) is 15.4. The molecule has 0 aromatic heterocycles. The third-order valence-corrected chi connectivity index (χ3v) is 4.19. The number of methoxy groups -OCH3 is 3. The molecule has 0 aliphatic carbocycles. The summed E-state index contributed by atoms with van der Waals surface area (Å²) in [5, 5.41) is 9.78. The lowest BCUT2D eigenvalue weighted by molar-refractivity contribution is 0.0669. The maximum Gasteiger partial charge on any atom is 0.129 e. The lowest BCUT2D eigenvalue weighted by Crippen LogP contribution is -2.18. The van der Waals surface area contributed by atoms with E-state index in [1.54, 1.807) is 21.3 Å². The van der Waals surface area contributed by atoms with Gasteiger partial charge in [0.25, 0.3) is 0 Å². The van der Waals surface area contributed by atoms with Crippen molar-refractivity contribution in [3.05, 3.63) is 17.7 Å². The highest BCUT2D eigenvalue weighted by molar-refractivity contribution is 5.50. The average Bonchev–Trinajstić information content (AvgIpc) is 2.50. The molecular formula is C19H32O4. The Morgan fingerprint density at radius 2 is 1.57 bits per heavy atom. The summed E-state index contributed by atoms with van der Waals surface area (Å²) in [6, 6.07) is 3.80. The molecule has 0 heterocycles. The zero-order chi connectivity index (χ0) is 17.5. The molecule has 1 atom stereocenters. The van der Waals surface area contributed by atoms with Crippen LogP contribution in [0.5, 0.6) is 17.2 Å². The molecule has 0 amide bonds. The molecule has 0 radical (unpaired) electrons. The lowest BCUT2D eigenvalue weighted by atomic mass is 9.92. The van der Waals surface area contributed by atoms with E-state index in [1.807, 2.05) is 26.0 Å². The molecule has 0 bridgehead atoms. The summed E-state index contributed by atoms with van der Waals surface area (Å²) < 4.78 is 16.3. The van der Waals surface area contributed by atoms with Crippen LogP contribution in [-0.4, -0.2) is 32.0 Å². The topological polar surface area (TPSA) is 47.9 Å². The van der Waals surface area contributed by atoms with Gasteiger partial charge in [-0.15, -0.1) is 0 Å². The van der Waals surface area contributed by atoms with E-state index in [-0.39, 0.29) is 0 Å². The van der Waals surface area contributed by atoms with Gasteiger partial charge in [0.15, 0.2) is 0 Å². The Hall–Kier alpha value is -1.42. The maximum absolute atomic E-state index is 9.78. The molecule has 0 saturated heterocycles. The SMILES string of the molecule is COc1cc(OC)c(CCC(C)CCCC(C)(C)O)c(OC)c1. The fourth-order valence-electron chi connectivity index (χ4n) is 2.74. The number of benzene rings is 1. The summed E-state index contributed by atoms with van der Waals surface area (Å²) in [7, 11) is 4.98. The van der Waals surface area contributed by atoms with Crippen LogP contribution < -0.4 is 14.2 Å². The second-order valence-corrected chi connectivity index (χ2v) is 6.86. The van der Waals surface area contributed by atoms with Crippen molar-refractivity contribution in [3.63, 3.8) is 0 Å². The lowest BCUT2D eigenvalue weighted by Gasteiger charge is -2.19. The molecule has 0 aliphatic heterocycles. The van der Waals surface area contributed by atoms with Gasteiger partial charge < -0.3 is 19.3 Å². The first kappa shape index (κ1) is 19.6. The Morgan fingerprint density at radius 1 is 1.00 bits per heavy atom. The Balaban J connectivity index is 2.66. The van der Waals surface area contributed by atoms with Crippen molar-refractivity contribution in [2.24, 2.45) is 5.92 Å². The summed E-state index contributed by atoms with van der Waals surface area (Å²) in [6.45, 7) is 5.99. The van der Waals surface area contributed by atoms with E-state index in [9.17, 15) is 5.11 Å². The second-order valence-electron chi connectivity index (χ2n) is 6.86. The van der Waals surface area contributed by atoms with Gasteiger partial charge in [-0.25, -0.2) is 0 Å². The number of hydrogen-bond acceptors (Lipinski definition) is 4. The average molecular weight is 324 g/mol. The minimum absolute atomic E-state index is 0.567. The summed E-state index contributed by atoms with van der Waals surface area (Å²) >= 11 is 0. The quantitative estimate of drug-likeness (QED) is 0.700. The number of aliphatic hydroxyl groups is 1. The molecule has 4 nitrogen and oxygen atoms in total. The summed E-state index contributed by atoms with van der Waals surface area (Å²) in [6.07, 6.45) is 4.96. The fraction of sp³-hybridized carbons (Fsp3) is 0.684. The van der Waals surface area contributed by atoms with Gasteiger partial charge in [0.05, 0.1) is 26.9 Å². The molecule has 0 aliphatic rings. The van der Waals surface area contributed by atoms with E-state index in [1.165, 1.54) is 0 Å². The molecule has 1 rings (SSSR count). The molecule has 0 fully saturated rings. The van der Waals surface area contributed by atoms with Crippen LogP contribution in [0.25, 0.3) is 0 Å². The Labute approximate surface area is 140 Å². The van der Waals surface area contributed by atoms with Crippen molar-refractivity contribution in [1.29, 1.82) is 0 Å². The zero-order valence-corrected chi connectivity index (χ0v) is 15.4. The van der Waals surface area contributed by atoms with Gasteiger partial charge in [0, 0.05) is 17.7 Å². The van der Waals surface area contributed by atoms with Crippen LogP contribution in [0.2, 0.25) is 0 Å². The first-order chi connectivity index (χ1) is 10.8. The molecule has 0 saturated carbocycles. The molecular weight excluding hydrogens is 292 g/mol. The predicted octanol–water partition coefficient (Wildman–Crippen LogP) is 4.22. The van der Waals surface area contributed by atoms with E-state index in [0.29, 0.717) is 5.92 Å². The van der Waals surface area contributed by atoms with Crippen molar-refractivity contribution in [2.75, 3.05) is 21.3 Å². The van der Waals surface area contributed by atoms with Gasteiger partial charge in [0.2, 0.25) is 0 Å². The van der Waals surface area contributed by atoms with Gasteiger partial charge in [0.1, 0.15) is 17.2 Å². The van der Waals surface area contributed by atoms with Crippen LogP contribution in [0, 0.1) is 5.92 Å². The highest BCUT2D eigenvalue weighted by Gasteiger charge is 2.16. The molecule has 1 aromatic rings. The Bertz CT molecular complexity index is 452. The third-order valence-electron chi connectivity index (χ3n) is 4.19. The molecule has 1 unspecified atom stereocenters. The largest absolute Gasteiger partial charge is 0.496 e. The van der Waals surface area contributed by atoms with Gasteiger partial charge in [-0.1, -0.05) is 19.8 Å². The summed E-state index contributed by atoms with van der Waals surface area (Å²) in [5.41, 5.74) is 0.521. The monoisotopic (exact) mass is 324 g/mol. The van der Waals surface area contributed by atoms with E-state index in [2.05, 4.69) is 6.92 Å². The molecule has 0 spiro atoms. The van der Waals surface area contributed by atoms with Crippen molar-refractivity contribution < 1.29 is 19.3 Å². The van der Waals surface area contributed by atoms with Crippen molar-refractivity contribution >= 4 is 0 Å². The van der Waals surface area contributed by atoms with Crippen LogP contribution >= 0.6 is 0 Å². The van der Waals surface area contributed by atoms with E-state index >= 15 is 0 Å². The van der Waals surface area contributed by atoms with E-state index in [4.69, 9.17) is 14.2 Å². The second kappa shape index (κ2) is 9.02. The number of ether oxygens (including phenoxy) is 3. The van der Waals surface area contributed by atoms with E-state index < -0.39 is 5.60 Å². The normalized spacial score (nSPS) is 12.8. The van der Waals surface area contributed by atoms with Crippen molar-refractivity contribution in [3.8, 4) is 17.2 Å². The van der Waals surface area contributed by atoms with E-state index in [0.717, 1.165) is 54.9 Å². The van der Waals surface area contributed by atoms with Crippen LogP contribution in [0.4, 0.5) is 0 Å². The molecule has 1 N–H and O–H groups in total. The Morgan fingerprint density at radius 3 is 2.00 bits per heavy atom. The smallest absolute Gasteiger partial charge is 0.129 e. The predicted molar refractivity (Wildman–Crippen MR) is 93.7 cm³/mol. The molecule has 23 heavy (non-hydrogen) atoms. The van der Waals surface area contributed by atoms with Crippen LogP contribution in [0.15, 0.2) is 12.1 Å². The first-order valence-corrected chi connectivity index (χ1v) is 8.32. The van der Waals surface area contributed by atoms with Gasteiger partial charge >= 0.3 is 0 Å². The first-order valence-electron chi connectivity index (χ1n) is 8.32. The van der Waals surface area contributed by atoms with Crippen LogP contribution in [0.3, 0.4) is 0 Å². The Kier molecular flexibility index (Phi) is 7.69. The summed E-state index contributed by atoms with van der Waals surface area (Å²) in [4.78, 5) is 0. The van der Waals surface area contributed by atoms with Gasteiger partial charge in [-0.3, -0.25) is 0 Å². The minimum Gasteiger partial charge on any atom is -0.496 e. The van der Waals surface area contributed by atoms with Crippen LogP contribution in [-0.2, 0) is 6.42 Å². The molecule has 1 aromatic carbocycles. The van der Waals surface area contributed by atoms with Crippen molar-refractivity contribution in [1.82, 2.24) is 0 Å². The van der Waals surface area contributed by atoms with Gasteiger partial charge in [-0.2, -0.15) is 0 Å². The van der Waals surface area contributed by atoms with Crippen molar-refractivity contribution in [2.45, 2.75) is 58.5 Å². The summed E-state index contributed by atoms with van der Waals surface area (Å²) in [5.74, 6) is 2.95. The highest BCUT2D eigenvalue weighted by Crippen LogP contribution is 2.35. The highest BCUT2D eigenvalue weighted by atomic mass is 16.5. The van der Waals surface area contributed by atoms with Crippen LogP contribution in [0.1, 0.15) is 52.0 Å².